The fourth-order valence-corrected chi connectivity index (χ4v) is 2.57. The maximum absolute atomic E-state index is 5.91. The molecular weight excluding hydrogens is 286 g/mol. The van der Waals surface area contributed by atoms with Crippen molar-refractivity contribution in [1.82, 2.24) is 9.78 Å². The molecule has 2 rings (SSSR count). The second kappa shape index (κ2) is 4.93. The van der Waals surface area contributed by atoms with Crippen LogP contribution in [0.2, 0.25) is 0 Å². The number of halogens is 1. The number of thioether (sulfide) groups is 1. The Balaban J connectivity index is 2.04. The summed E-state index contributed by atoms with van der Waals surface area (Å²) in [4.78, 5) is 1.09. The quantitative estimate of drug-likeness (QED) is 0.699. The highest BCUT2D eigenvalue weighted by atomic mass is 79.9. The van der Waals surface area contributed by atoms with Crippen molar-refractivity contribution < 1.29 is 0 Å². The maximum Gasteiger partial charge on any atom is 0.0727 e. The summed E-state index contributed by atoms with van der Waals surface area (Å²) in [5, 5.41) is 4.32. The highest BCUT2D eigenvalue weighted by molar-refractivity contribution is 9.10. The van der Waals surface area contributed by atoms with E-state index in [1.807, 2.05) is 37.5 Å². The molecule has 0 saturated carbocycles. The summed E-state index contributed by atoms with van der Waals surface area (Å²) >= 11 is 5.09. The van der Waals surface area contributed by atoms with Crippen LogP contribution >= 0.6 is 27.7 Å². The smallest absolute Gasteiger partial charge is 0.0727 e. The van der Waals surface area contributed by atoms with Crippen molar-refractivity contribution in [3.05, 3.63) is 40.6 Å². The largest absolute Gasteiger partial charge is 0.398 e. The van der Waals surface area contributed by atoms with E-state index in [1.54, 1.807) is 16.4 Å². The predicted octanol–water partition coefficient (Wildman–Crippen LogP) is 3.06. The van der Waals surface area contributed by atoms with E-state index in [0.717, 1.165) is 26.5 Å². The van der Waals surface area contributed by atoms with Crippen LogP contribution in [0.25, 0.3) is 0 Å². The van der Waals surface area contributed by atoms with Crippen LogP contribution in [0, 0.1) is 0 Å². The minimum absolute atomic E-state index is 0.801. The van der Waals surface area contributed by atoms with Crippen LogP contribution in [-0.4, -0.2) is 9.78 Å². The zero-order valence-corrected chi connectivity index (χ0v) is 11.3. The Kier molecular flexibility index (Phi) is 3.56. The van der Waals surface area contributed by atoms with E-state index in [9.17, 15) is 0 Å². The van der Waals surface area contributed by atoms with Crippen molar-refractivity contribution in [2.45, 2.75) is 10.6 Å². The average molecular weight is 298 g/mol. The first kappa shape index (κ1) is 11.5. The zero-order valence-electron chi connectivity index (χ0n) is 8.85. The molecule has 0 atom stereocenters. The minimum Gasteiger partial charge on any atom is -0.398 e. The lowest BCUT2D eigenvalue weighted by atomic mass is 10.3. The van der Waals surface area contributed by atoms with Crippen molar-refractivity contribution in [3.8, 4) is 0 Å². The molecule has 1 heterocycles. The standard InChI is InChI=1S/C11H12BrN3S/c1-15-5-4-9(14-15)7-16-11-3-2-8(12)6-10(11)13/h2-6H,7,13H2,1H3. The van der Waals surface area contributed by atoms with E-state index >= 15 is 0 Å². The Hall–Kier alpha value is -0.940. The SMILES string of the molecule is Cn1ccc(CSc2ccc(Br)cc2N)n1. The Bertz CT molecular complexity index is 496. The lowest BCUT2D eigenvalue weighted by Gasteiger charge is -2.04. The third-order valence-electron chi connectivity index (χ3n) is 2.12. The monoisotopic (exact) mass is 297 g/mol. The third-order valence-corrected chi connectivity index (χ3v) is 3.73. The van der Waals surface area contributed by atoms with Gasteiger partial charge in [-0.25, -0.2) is 0 Å². The first-order valence-corrected chi connectivity index (χ1v) is 6.59. The van der Waals surface area contributed by atoms with Crippen molar-refractivity contribution in [1.29, 1.82) is 0 Å². The van der Waals surface area contributed by atoms with Gasteiger partial charge < -0.3 is 5.73 Å². The normalized spacial score (nSPS) is 10.6. The van der Waals surface area contributed by atoms with Crippen LogP contribution in [0.3, 0.4) is 0 Å². The second-order valence-electron chi connectivity index (χ2n) is 3.45. The van der Waals surface area contributed by atoms with Gasteiger partial charge in [0.2, 0.25) is 0 Å². The number of aryl methyl sites for hydroxylation is 1. The summed E-state index contributed by atoms with van der Waals surface area (Å²) in [5.74, 6) is 0.840. The maximum atomic E-state index is 5.91. The molecule has 0 amide bonds. The lowest BCUT2D eigenvalue weighted by Crippen LogP contribution is -1.91. The molecule has 0 aliphatic rings. The molecule has 2 N–H and O–H groups in total. The topological polar surface area (TPSA) is 43.8 Å². The van der Waals surface area contributed by atoms with Crippen LogP contribution in [0.4, 0.5) is 5.69 Å². The summed E-state index contributed by atoms with van der Waals surface area (Å²) < 4.78 is 2.81. The van der Waals surface area contributed by atoms with Crippen molar-refractivity contribution in [2.75, 3.05) is 5.73 Å². The molecule has 0 aliphatic heterocycles. The Morgan fingerprint density at radius 1 is 1.44 bits per heavy atom. The number of aromatic nitrogens is 2. The molecule has 0 unspecified atom stereocenters. The van der Waals surface area contributed by atoms with E-state index in [1.165, 1.54) is 0 Å². The van der Waals surface area contributed by atoms with Crippen molar-refractivity contribution in [3.63, 3.8) is 0 Å². The minimum atomic E-state index is 0.801. The molecule has 1 aromatic carbocycles. The number of nitrogens with two attached hydrogens (primary N) is 1. The van der Waals surface area contributed by atoms with Crippen LogP contribution in [0.5, 0.6) is 0 Å². The molecule has 0 spiro atoms. The molecule has 2 aromatic rings. The second-order valence-corrected chi connectivity index (χ2v) is 5.38. The molecule has 5 heteroatoms. The van der Waals surface area contributed by atoms with E-state index < -0.39 is 0 Å². The number of hydrogen-bond acceptors (Lipinski definition) is 3. The summed E-state index contributed by atoms with van der Waals surface area (Å²) in [6.07, 6.45) is 1.95. The van der Waals surface area contributed by atoms with E-state index in [-0.39, 0.29) is 0 Å². The predicted molar refractivity (Wildman–Crippen MR) is 71.3 cm³/mol. The van der Waals surface area contributed by atoms with E-state index in [0.29, 0.717) is 0 Å². The van der Waals surface area contributed by atoms with Crippen LogP contribution in [0.1, 0.15) is 5.69 Å². The number of rotatable bonds is 3. The van der Waals surface area contributed by atoms with Gasteiger partial charge in [0.05, 0.1) is 5.69 Å². The summed E-state index contributed by atoms with van der Waals surface area (Å²) in [6.45, 7) is 0. The van der Waals surface area contributed by atoms with Crippen LogP contribution in [-0.2, 0) is 12.8 Å². The van der Waals surface area contributed by atoms with Crippen molar-refractivity contribution >= 4 is 33.4 Å². The molecule has 0 aliphatic carbocycles. The Labute approximate surface area is 107 Å². The molecule has 1 aromatic heterocycles. The fraction of sp³-hybridized carbons (Fsp3) is 0.182. The molecule has 16 heavy (non-hydrogen) atoms. The lowest BCUT2D eigenvalue weighted by molar-refractivity contribution is 0.755. The number of nitrogens with zero attached hydrogens (tertiary/aromatic N) is 2. The molecule has 3 nitrogen and oxygen atoms in total. The Morgan fingerprint density at radius 3 is 2.88 bits per heavy atom. The third kappa shape index (κ3) is 2.80. The van der Waals surface area contributed by atoms with Gasteiger partial charge in [0, 0.05) is 34.1 Å². The molecule has 0 radical (unpaired) electrons. The van der Waals surface area contributed by atoms with Gasteiger partial charge in [-0.1, -0.05) is 15.9 Å². The highest BCUT2D eigenvalue weighted by Crippen LogP contribution is 2.29. The molecule has 0 bridgehead atoms. The van der Waals surface area contributed by atoms with Crippen LogP contribution < -0.4 is 5.73 Å². The number of benzene rings is 1. The van der Waals surface area contributed by atoms with Gasteiger partial charge in [-0.2, -0.15) is 5.10 Å². The molecule has 0 fully saturated rings. The number of nitrogen functional groups attached to an aromatic ring is 1. The van der Waals surface area contributed by atoms with E-state index in [4.69, 9.17) is 5.73 Å². The molecular formula is C11H12BrN3S. The van der Waals surface area contributed by atoms with Gasteiger partial charge in [0.1, 0.15) is 0 Å². The first-order chi connectivity index (χ1) is 7.65. The number of hydrogen-bond donors (Lipinski definition) is 1. The Morgan fingerprint density at radius 2 is 2.25 bits per heavy atom. The highest BCUT2D eigenvalue weighted by Gasteiger charge is 2.03. The van der Waals surface area contributed by atoms with Gasteiger partial charge in [-0.15, -0.1) is 11.8 Å². The fourth-order valence-electron chi connectivity index (χ4n) is 1.34. The van der Waals surface area contributed by atoms with E-state index in [2.05, 4.69) is 21.0 Å². The van der Waals surface area contributed by atoms with Gasteiger partial charge in [0.15, 0.2) is 0 Å². The van der Waals surface area contributed by atoms with Crippen molar-refractivity contribution in [2.24, 2.45) is 7.05 Å². The summed E-state index contributed by atoms with van der Waals surface area (Å²) in [5.41, 5.74) is 7.78. The van der Waals surface area contributed by atoms with Gasteiger partial charge in [-0.3, -0.25) is 4.68 Å². The molecule has 0 saturated heterocycles. The number of anilines is 1. The first-order valence-electron chi connectivity index (χ1n) is 4.81. The van der Waals surface area contributed by atoms with Gasteiger partial charge >= 0.3 is 0 Å². The van der Waals surface area contributed by atoms with Gasteiger partial charge in [-0.05, 0) is 24.3 Å². The summed E-state index contributed by atoms with van der Waals surface area (Å²) in [6, 6.07) is 7.95. The van der Waals surface area contributed by atoms with Gasteiger partial charge in [0.25, 0.3) is 0 Å². The average Bonchev–Trinajstić information content (AvgIpc) is 2.63. The van der Waals surface area contributed by atoms with Crippen LogP contribution in [0.15, 0.2) is 39.8 Å². The zero-order chi connectivity index (χ0) is 11.5. The summed E-state index contributed by atoms with van der Waals surface area (Å²) in [7, 11) is 1.92. The molecule has 84 valence electrons.